The minimum Gasteiger partial charge on any atom is -0.335 e. The molecule has 0 aromatic carbocycles. The van der Waals surface area contributed by atoms with E-state index >= 15 is 0 Å². The molecule has 1 unspecified atom stereocenters. The first-order valence-corrected chi connectivity index (χ1v) is 7.69. The van der Waals surface area contributed by atoms with Gasteiger partial charge >= 0.3 is 6.18 Å². The lowest BCUT2D eigenvalue weighted by atomic mass is 9.77. The van der Waals surface area contributed by atoms with Gasteiger partial charge in [-0.3, -0.25) is 0 Å². The molecule has 0 saturated heterocycles. The third-order valence-corrected chi connectivity index (χ3v) is 4.72. The van der Waals surface area contributed by atoms with Crippen LogP contribution in [0.1, 0.15) is 38.4 Å². The first kappa shape index (κ1) is 16.3. The molecular formula is C15H24F3N3. The maximum atomic E-state index is 12.7. The van der Waals surface area contributed by atoms with E-state index in [1.165, 1.54) is 0 Å². The largest absolute Gasteiger partial charge is 0.391 e. The fourth-order valence-corrected chi connectivity index (χ4v) is 3.37. The van der Waals surface area contributed by atoms with Crippen molar-refractivity contribution in [2.24, 2.45) is 11.8 Å². The number of imidazole rings is 1. The Kier molecular flexibility index (Phi) is 5.30. The average Bonchev–Trinajstić information content (AvgIpc) is 2.91. The van der Waals surface area contributed by atoms with E-state index in [2.05, 4.69) is 21.8 Å². The second-order valence-corrected chi connectivity index (χ2v) is 5.88. The minimum atomic E-state index is -4.03. The summed E-state index contributed by atoms with van der Waals surface area (Å²) in [6.45, 7) is 2.93. The van der Waals surface area contributed by atoms with Crippen molar-refractivity contribution in [3.8, 4) is 0 Å². The summed E-state index contributed by atoms with van der Waals surface area (Å²) in [6.07, 6.45) is 2.28. The van der Waals surface area contributed by atoms with Gasteiger partial charge in [0.25, 0.3) is 0 Å². The smallest absolute Gasteiger partial charge is 0.335 e. The van der Waals surface area contributed by atoms with Gasteiger partial charge < -0.3 is 9.88 Å². The SMILES string of the molecule is CCn1ccnc1CC(NC)C1CCC(C(F)(F)F)CC1. The van der Waals surface area contributed by atoms with E-state index in [9.17, 15) is 13.2 Å². The van der Waals surface area contributed by atoms with Crippen LogP contribution >= 0.6 is 0 Å². The molecule has 1 aromatic heterocycles. The number of nitrogens with one attached hydrogen (secondary N) is 1. The first-order valence-electron chi connectivity index (χ1n) is 7.69. The van der Waals surface area contributed by atoms with E-state index in [-0.39, 0.29) is 18.9 Å². The monoisotopic (exact) mass is 303 g/mol. The van der Waals surface area contributed by atoms with Crippen molar-refractivity contribution in [2.75, 3.05) is 7.05 Å². The maximum absolute atomic E-state index is 12.7. The molecule has 0 amide bonds. The number of rotatable bonds is 5. The van der Waals surface area contributed by atoms with Crippen LogP contribution in [0.3, 0.4) is 0 Å². The van der Waals surface area contributed by atoms with Gasteiger partial charge in [0.2, 0.25) is 0 Å². The van der Waals surface area contributed by atoms with Gasteiger partial charge in [0.05, 0.1) is 5.92 Å². The van der Waals surface area contributed by atoms with Crippen LogP contribution in [0.25, 0.3) is 0 Å². The van der Waals surface area contributed by atoms with Crippen LogP contribution in [0.2, 0.25) is 0 Å². The number of hydrogen-bond donors (Lipinski definition) is 1. The third kappa shape index (κ3) is 3.99. The normalized spacial score (nSPS) is 25.0. The van der Waals surface area contributed by atoms with Gasteiger partial charge in [-0.1, -0.05) is 0 Å². The summed E-state index contributed by atoms with van der Waals surface area (Å²) in [5, 5.41) is 3.28. The molecule has 1 heterocycles. The highest BCUT2D eigenvalue weighted by molar-refractivity contribution is 4.97. The number of likely N-dealkylation sites (N-methyl/N-ethyl adjacent to an activating group) is 1. The molecule has 1 saturated carbocycles. The number of nitrogens with zero attached hydrogens (tertiary/aromatic N) is 2. The molecule has 21 heavy (non-hydrogen) atoms. The van der Waals surface area contributed by atoms with Gasteiger partial charge in [-0.15, -0.1) is 0 Å². The number of aromatic nitrogens is 2. The van der Waals surface area contributed by atoms with Crippen LogP contribution in [0.5, 0.6) is 0 Å². The lowest BCUT2D eigenvalue weighted by Gasteiger charge is -2.34. The molecule has 2 rings (SSSR count). The third-order valence-electron chi connectivity index (χ3n) is 4.72. The summed E-state index contributed by atoms with van der Waals surface area (Å²) >= 11 is 0. The van der Waals surface area contributed by atoms with E-state index in [4.69, 9.17) is 0 Å². The van der Waals surface area contributed by atoms with Crippen LogP contribution in [-0.4, -0.2) is 28.8 Å². The van der Waals surface area contributed by atoms with Gasteiger partial charge in [0.1, 0.15) is 5.82 Å². The molecule has 1 atom stereocenters. The zero-order valence-electron chi connectivity index (χ0n) is 12.7. The molecule has 1 aliphatic carbocycles. The van der Waals surface area contributed by atoms with Crippen molar-refractivity contribution in [1.29, 1.82) is 0 Å². The second-order valence-electron chi connectivity index (χ2n) is 5.88. The van der Waals surface area contributed by atoms with Crippen molar-refractivity contribution in [1.82, 2.24) is 14.9 Å². The highest BCUT2D eigenvalue weighted by Gasteiger charge is 2.42. The van der Waals surface area contributed by atoms with E-state index in [0.717, 1.165) is 18.8 Å². The molecule has 0 aliphatic heterocycles. The molecular weight excluding hydrogens is 279 g/mol. The Hall–Kier alpha value is -1.04. The Balaban J connectivity index is 1.94. The molecule has 3 nitrogen and oxygen atoms in total. The van der Waals surface area contributed by atoms with Crippen LogP contribution in [0.15, 0.2) is 12.4 Å². The summed E-state index contributed by atoms with van der Waals surface area (Å²) in [5.41, 5.74) is 0. The predicted octanol–water partition coefficient (Wildman–Crippen LogP) is 3.40. The quantitative estimate of drug-likeness (QED) is 0.903. The van der Waals surface area contributed by atoms with Crippen molar-refractivity contribution in [2.45, 2.75) is 57.8 Å². The minimum absolute atomic E-state index is 0.201. The molecule has 1 N–H and O–H groups in total. The summed E-state index contributed by atoms with van der Waals surface area (Å²) in [4.78, 5) is 4.37. The maximum Gasteiger partial charge on any atom is 0.391 e. The van der Waals surface area contributed by atoms with Crippen molar-refractivity contribution >= 4 is 0 Å². The number of alkyl halides is 3. The van der Waals surface area contributed by atoms with Gasteiger partial charge in [0.15, 0.2) is 0 Å². The highest BCUT2D eigenvalue weighted by Crippen LogP contribution is 2.40. The van der Waals surface area contributed by atoms with Gasteiger partial charge in [-0.05, 0) is 45.6 Å². The Morgan fingerprint density at radius 3 is 2.52 bits per heavy atom. The molecule has 1 aliphatic rings. The summed E-state index contributed by atoms with van der Waals surface area (Å²) in [5.74, 6) is 0.203. The molecule has 1 fully saturated rings. The second kappa shape index (κ2) is 6.81. The van der Waals surface area contributed by atoms with Crippen LogP contribution in [-0.2, 0) is 13.0 Å². The van der Waals surface area contributed by atoms with Crippen molar-refractivity contribution < 1.29 is 13.2 Å². The van der Waals surface area contributed by atoms with Crippen LogP contribution in [0, 0.1) is 11.8 Å². The van der Waals surface area contributed by atoms with E-state index in [1.54, 1.807) is 6.20 Å². The number of halogens is 3. The van der Waals surface area contributed by atoms with Gasteiger partial charge in [-0.25, -0.2) is 4.98 Å². The molecule has 6 heteroatoms. The van der Waals surface area contributed by atoms with Gasteiger partial charge in [0, 0.05) is 31.4 Å². The van der Waals surface area contributed by atoms with Crippen molar-refractivity contribution in [3.63, 3.8) is 0 Å². The predicted molar refractivity (Wildman–Crippen MR) is 76.0 cm³/mol. The fourth-order valence-electron chi connectivity index (χ4n) is 3.37. The lowest BCUT2D eigenvalue weighted by molar-refractivity contribution is -0.184. The highest BCUT2D eigenvalue weighted by atomic mass is 19.4. The molecule has 1 aromatic rings. The van der Waals surface area contributed by atoms with E-state index in [0.29, 0.717) is 18.8 Å². The molecule has 0 radical (unpaired) electrons. The van der Waals surface area contributed by atoms with E-state index in [1.807, 2.05) is 13.2 Å². The Bertz CT molecular complexity index is 434. The molecule has 120 valence electrons. The van der Waals surface area contributed by atoms with Crippen molar-refractivity contribution in [3.05, 3.63) is 18.2 Å². The lowest BCUT2D eigenvalue weighted by Crippen LogP contribution is -2.40. The fraction of sp³-hybridized carbons (Fsp3) is 0.800. The van der Waals surface area contributed by atoms with Crippen LogP contribution in [0.4, 0.5) is 13.2 Å². The summed E-state index contributed by atoms with van der Waals surface area (Å²) in [7, 11) is 1.89. The topological polar surface area (TPSA) is 29.9 Å². The summed E-state index contributed by atoms with van der Waals surface area (Å²) < 4.78 is 40.3. The number of aryl methyl sites for hydroxylation is 1. The number of hydrogen-bond acceptors (Lipinski definition) is 2. The van der Waals surface area contributed by atoms with E-state index < -0.39 is 12.1 Å². The zero-order valence-corrected chi connectivity index (χ0v) is 12.7. The first-order chi connectivity index (χ1) is 9.95. The molecule has 0 bridgehead atoms. The Labute approximate surface area is 123 Å². The standard InChI is InChI=1S/C15H24F3N3/c1-3-21-9-8-20-14(21)10-13(19-2)11-4-6-12(7-5-11)15(16,17)18/h8-9,11-13,19H,3-7,10H2,1-2H3. The summed E-state index contributed by atoms with van der Waals surface area (Å²) in [6, 6.07) is 0.201. The zero-order chi connectivity index (χ0) is 15.5. The molecule has 0 spiro atoms. The average molecular weight is 303 g/mol. The van der Waals surface area contributed by atoms with Gasteiger partial charge in [-0.2, -0.15) is 13.2 Å². The van der Waals surface area contributed by atoms with Crippen LogP contribution < -0.4 is 5.32 Å². The Morgan fingerprint density at radius 1 is 1.33 bits per heavy atom. The Morgan fingerprint density at radius 2 is 2.00 bits per heavy atom.